The minimum Gasteiger partial charge on any atom is -0.480 e. The highest BCUT2D eigenvalue weighted by Crippen LogP contribution is 2.37. The lowest BCUT2D eigenvalue weighted by Crippen LogP contribution is -2.23. The fourth-order valence-corrected chi connectivity index (χ4v) is 5.14. The third kappa shape index (κ3) is 3.59. The Bertz CT molecular complexity index is 1250. The van der Waals surface area contributed by atoms with Gasteiger partial charge in [0.25, 0.3) is 5.56 Å². The number of carbonyl (C=O) groups is 1. The number of hydrogen-bond donors (Lipinski definition) is 1. The number of carboxylic acid groups (broad SMARTS) is 1. The third-order valence-corrected chi connectivity index (χ3v) is 6.62. The zero-order valence-corrected chi connectivity index (χ0v) is 17.5. The number of fused-ring (bicyclic) bond motifs is 1. The van der Waals surface area contributed by atoms with Crippen LogP contribution in [-0.2, 0) is 4.79 Å². The minimum atomic E-state index is -0.948. The number of rotatable bonds is 5. The molecule has 1 N–H and O–H groups in total. The monoisotopic (exact) mass is 422 g/mol. The Morgan fingerprint density at radius 2 is 1.72 bits per heavy atom. The summed E-state index contributed by atoms with van der Waals surface area (Å²) in [6.07, 6.45) is 0. The van der Waals surface area contributed by atoms with Crippen molar-refractivity contribution in [2.24, 2.45) is 0 Å². The van der Waals surface area contributed by atoms with E-state index in [1.54, 1.807) is 6.92 Å². The first-order chi connectivity index (χ1) is 14.0. The standard InChI is InChI=1S/C22H18N2O3S2/c1-13-17(15-9-5-3-6-10-15)18-19(28-13)23-22(29-14(2)21(26)27)24(20(18)25)16-11-7-4-8-12-16/h3-12,14H,1-2H3,(H,26,27). The molecule has 0 saturated carbocycles. The second-order valence-corrected chi connectivity index (χ2v) is 9.06. The van der Waals surface area contributed by atoms with E-state index in [1.807, 2.05) is 67.6 Å². The molecule has 146 valence electrons. The predicted molar refractivity (Wildman–Crippen MR) is 118 cm³/mol. The molecule has 2 aromatic carbocycles. The van der Waals surface area contributed by atoms with Crippen LogP contribution in [0.1, 0.15) is 11.8 Å². The number of thiophene rings is 1. The third-order valence-electron chi connectivity index (χ3n) is 4.58. The largest absolute Gasteiger partial charge is 0.480 e. The second kappa shape index (κ2) is 7.85. The van der Waals surface area contributed by atoms with Crippen molar-refractivity contribution >= 4 is 39.3 Å². The molecule has 1 atom stereocenters. The van der Waals surface area contributed by atoms with E-state index < -0.39 is 11.2 Å². The molecule has 0 aliphatic heterocycles. The van der Waals surface area contributed by atoms with Gasteiger partial charge in [-0.05, 0) is 31.5 Å². The highest BCUT2D eigenvalue weighted by Gasteiger charge is 2.23. The van der Waals surface area contributed by atoms with Crippen LogP contribution in [0.15, 0.2) is 70.6 Å². The van der Waals surface area contributed by atoms with E-state index in [9.17, 15) is 14.7 Å². The molecule has 4 aromatic rings. The highest BCUT2D eigenvalue weighted by atomic mass is 32.2. The van der Waals surface area contributed by atoms with E-state index in [2.05, 4.69) is 0 Å². The van der Waals surface area contributed by atoms with Gasteiger partial charge in [-0.2, -0.15) is 0 Å². The van der Waals surface area contributed by atoms with Crippen molar-refractivity contribution in [1.82, 2.24) is 9.55 Å². The molecule has 0 amide bonds. The Morgan fingerprint density at radius 1 is 1.10 bits per heavy atom. The van der Waals surface area contributed by atoms with Gasteiger partial charge in [0.05, 0.1) is 11.1 Å². The molecular weight excluding hydrogens is 404 g/mol. The zero-order valence-electron chi connectivity index (χ0n) is 15.8. The molecule has 5 nitrogen and oxygen atoms in total. The predicted octanol–water partition coefficient (Wildman–Crippen LogP) is 4.99. The summed E-state index contributed by atoms with van der Waals surface area (Å²) in [5, 5.41) is 9.56. The lowest BCUT2D eigenvalue weighted by atomic mass is 10.0. The van der Waals surface area contributed by atoms with Crippen molar-refractivity contribution in [1.29, 1.82) is 0 Å². The molecule has 0 radical (unpaired) electrons. The van der Waals surface area contributed by atoms with Crippen molar-refractivity contribution in [2.45, 2.75) is 24.3 Å². The molecule has 0 aliphatic carbocycles. The normalized spacial score (nSPS) is 12.2. The van der Waals surface area contributed by atoms with Crippen molar-refractivity contribution < 1.29 is 9.90 Å². The Labute approximate surface area is 175 Å². The van der Waals surface area contributed by atoms with Gasteiger partial charge < -0.3 is 5.11 Å². The molecule has 1 unspecified atom stereocenters. The van der Waals surface area contributed by atoms with Crippen molar-refractivity contribution in [3.8, 4) is 16.8 Å². The van der Waals surface area contributed by atoms with Gasteiger partial charge in [-0.1, -0.05) is 60.3 Å². The molecule has 0 fully saturated rings. The first-order valence-electron chi connectivity index (χ1n) is 9.04. The van der Waals surface area contributed by atoms with Crippen LogP contribution in [0.25, 0.3) is 27.0 Å². The quantitative estimate of drug-likeness (QED) is 0.362. The maximum atomic E-state index is 13.7. The summed E-state index contributed by atoms with van der Waals surface area (Å²) in [7, 11) is 0. The lowest BCUT2D eigenvalue weighted by Gasteiger charge is -2.14. The number of carboxylic acids is 1. The van der Waals surface area contributed by atoms with Crippen LogP contribution in [0.4, 0.5) is 0 Å². The number of nitrogens with zero attached hydrogens (tertiary/aromatic N) is 2. The fourth-order valence-electron chi connectivity index (χ4n) is 3.19. The summed E-state index contributed by atoms with van der Waals surface area (Å²) >= 11 is 2.53. The molecule has 2 heterocycles. The maximum absolute atomic E-state index is 13.7. The van der Waals surface area contributed by atoms with Gasteiger partial charge >= 0.3 is 5.97 Å². The summed E-state index contributed by atoms with van der Waals surface area (Å²) in [5.74, 6) is -0.948. The number of thioether (sulfide) groups is 1. The lowest BCUT2D eigenvalue weighted by molar-refractivity contribution is -0.136. The van der Waals surface area contributed by atoms with Crippen LogP contribution in [-0.4, -0.2) is 25.9 Å². The summed E-state index contributed by atoms with van der Waals surface area (Å²) in [4.78, 5) is 31.4. The molecular formula is C22H18N2O3S2. The smallest absolute Gasteiger partial charge is 0.316 e. The Hall–Kier alpha value is -2.90. The van der Waals surface area contributed by atoms with Crippen molar-refractivity contribution in [2.75, 3.05) is 0 Å². The topological polar surface area (TPSA) is 72.2 Å². The van der Waals surface area contributed by atoms with E-state index in [0.29, 0.717) is 21.1 Å². The van der Waals surface area contributed by atoms with Crippen LogP contribution < -0.4 is 5.56 Å². The first kappa shape index (κ1) is 19.4. The molecule has 7 heteroatoms. The number of aromatic nitrogens is 2. The molecule has 0 aliphatic rings. The Kier molecular flexibility index (Phi) is 5.25. The number of benzene rings is 2. The minimum absolute atomic E-state index is 0.190. The van der Waals surface area contributed by atoms with E-state index >= 15 is 0 Å². The fraction of sp³-hybridized carbons (Fsp3) is 0.136. The molecule has 2 aromatic heterocycles. The van der Waals surface area contributed by atoms with E-state index in [-0.39, 0.29) is 5.56 Å². The summed E-state index contributed by atoms with van der Waals surface area (Å²) in [5.41, 5.74) is 2.32. The van der Waals surface area contributed by atoms with E-state index in [1.165, 1.54) is 15.9 Å². The number of aryl methyl sites for hydroxylation is 1. The van der Waals surface area contributed by atoms with Crippen LogP contribution in [0.5, 0.6) is 0 Å². The van der Waals surface area contributed by atoms with Crippen molar-refractivity contribution in [3.63, 3.8) is 0 Å². The number of hydrogen-bond acceptors (Lipinski definition) is 5. The zero-order chi connectivity index (χ0) is 20.5. The number of para-hydroxylation sites is 1. The molecule has 0 bridgehead atoms. The Balaban J connectivity index is 2.04. The number of aliphatic carboxylic acids is 1. The SMILES string of the molecule is Cc1sc2nc(SC(C)C(=O)O)n(-c3ccccc3)c(=O)c2c1-c1ccccc1. The van der Waals surface area contributed by atoms with E-state index in [4.69, 9.17) is 4.98 Å². The van der Waals surface area contributed by atoms with Crippen LogP contribution >= 0.6 is 23.1 Å². The van der Waals surface area contributed by atoms with Crippen LogP contribution in [0.2, 0.25) is 0 Å². The van der Waals surface area contributed by atoms with Gasteiger partial charge in [0.15, 0.2) is 5.16 Å². The average Bonchev–Trinajstić information content (AvgIpc) is 3.05. The van der Waals surface area contributed by atoms with Gasteiger partial charge in [0.2, 0.25) is 0 Å². The van der Waals surface area contributed by atoms with Crippen LogP contribution in [0, 0.1) is 6.92 Å². The van der Waals surface area contributed by atoms with E-state index in [0.717, 1.165) is 27.8 Å². The maximum Gasteiger partial charge on any atom is 0.316 e. The molecule has 29 heavy (non-hydrogen) atoms. The second-order valence-electron chi connectivity index (χ2n) is 6.55. The molecule has 4 rings (SSSR count). The van der Waals surface area contributed by atoms with Gasteiger partial charge in [0.1, 0.15) is 10.1 Å². The molecule has 0 saturated heterocycles. The van der Waals surface area contributed by atoms with Gasteiger partial charge in [-0.15, -0.1) is 11.3 Å². The van der Waals surface area contributed by atoms with Crippen LogP contribution in [0.3, 0.4) is 0 Å². The Morgan fingerprint density at radius 3 is 2.34 bits per heavy atom. The first-order valence-corrected chi connectivity index (χ1v) is 10.7. The van der Waals surface area contributed by atoms with Gasteiger partial charge in [-0.3, -0.25) is 14.2 Å². The average molecular weight is 423 g/mol. The van der Waals surface area contributed by atoms with Gasteiger partial charge in [0, 0.05) is 10.4 Å². The molecule has 0 spiro atoms. The van der Waals surface area contributed by atoms with Gasteiger partial charge in [-0.25, -0.2) is 4.98 Å². The summed E-state index contributed by atoms with van der Waals surface area (Å²) in [6, 6.07) is 19.0. The van der Waals surface area contributed by atoms with Crippen molar-refractivity contribution in [3.05, 3.63) is 75.9 Å². The summed E-state index contributed by atoms with van der Waals surface area (Å²) in [6.45, 7) is 3.57. The highest BCUT2D eigenvalue weighted by molar-refractivity contribution is 8.00. The summed E-state index contributed by atoms with van der Waals surface area (Å²) < 4.78 is 1.52.